The topological polar surface area (TPSA) is 18.5 Å². The molecule has 1 aromatic carbocycles. The molecule has 2 rings (SSSR count). The third kappa shape index (κ3) is 3.80. The Hall–Kier alpha value is -0.900. The fourth-order valence-electron chi connectivity index (χ4n) is 2.39. The first-order valence-electron chi connectivity index (χ1n) is 6.80. The summed E-state index contributed by atoms with van der Waals surface area (Å²) in [6, 6.07) is 6.97. The summed E-state index contributed by atoms with van der Waals surface area (Å²) in [4.78, 5) is 4.62. The SMILES string of the molecule is CN(C)CCN(C)Cc1ccc2c(c1)CNCC2. The maximum absolute atomic E-state index is 3.44. The minimum absolute atomic E-state index is 1.03. The van der Waals surface area contributed by atoms with Crippen LogP contribution < -0.4 is 5.32 Å². The van der Waals surface area contributed by atoms with Crippen LogP contribution in [-0.2, 0) is 19.5 Å². The van der Waals surface area contributed by atoms with E-state index < -0.39 is 0 Å². The highest BCUT2D eigenvalue weighted by Crippen LogP contribution is 2.16. The van der Waals surface area contributed by atoms with E-state index in [0.29, 0.717) is 0 Å². The smallest absolute Gasteiger partial charge is 0.0231 e. The van der Waals surface area contributed by atoms with E-state index in [9.17, 15) is 0 Å². The number of hydrogen-bond donors (Lipinski definition) is 1. The van der Waals surface area contributed by atoms with Crippen molar-refractivity contribution in [2.45, 2.75) is 19.5 Å². The van der Waals surface area contributed by atoms with Gasteiger partial charge < -0.3 is 15.1 Å². The molecule has 1 aromatic rings. The number of hydrogen-bond acceptors (Lipinski definition) is 3. The van der Waals surface area contributed by atoms with E-state index in [0.717, 1.165) is 32.7 Å². The Morgan fingerprint density at radius 1 is 1.11 bits per heavy atom. The van der Waals surface area contributed by atoms with E-state index in [1.54, 1.807) is 0 Å². The number of rotatable bonds is 5. The van der Waals surface area contributed by atoms with Gasteiger partial charge in [-0.1, -0.05) is 18.2 Å². The van der Waals surface area contributed by atoms with Crippen molar-refractivity contribution in [2.75, 3.05) is 40.8 Å². The van der Waals surface area contributed by atoms with E-state index in [1.165, 1.54) is 23.1 Å². The average molecular weight is 247 g/mol. The standard InChI is InChI=1S/C15H25N3/c1-17(2)8-9-18(3)12-13-4-5-14-6-7-16-11-15(14)10-13/h4-5,10,16H,6-9,11-12H2,1-3H3. The van der Waals surface area contributed by atoms with E-state index >= 15 is 0 Å². The molecule has 0 saturated carbocycles. The van der Waals surface area contributed by atoms with Crippen LogP contribution in [0, 0.1) is 0 Å². The molecular weight excluding hydrogens is 222 g/mol. The molecule has 0 fully saturated rings. The minimum Gasteiger partial charge on any atom is -0.312 e. The normalized spacial score (nSPS) is 15.2. The summed E-state index contributed by atoms with van der Waals surface area (Å²) in [5.41, 5.74) is 4.44. The molecule has 3 heteroatoms. The molecule has 100 valence electrons. The highest BCUT2D eigenvalue weighted by Gasteiger charge is 2.09. The first-order valence-corrected chi connectivity index (χ1v) is 6.80. The fourth-order valence-corrected chi connectivity index (χ4v) is 2.39. The van der Waals surface area contributed by atoms with Gasteiger partial charge in [-0.15, -0.1) is 0 Å². The number of likely N-dealkylation sites (N-methyl/N-ethyl adjacent to an activating group) is 2. The molecule has 0 aromatic heterocycles. The molecule has 0 aliphatic carbocycles. The van der Waals surface area contributed by atoms with E-state index in [2.05, 4.69) is 54.5 Å². The van der Waals surface area contributed by atoms with Gasteiger partial charge in [0.05, 0.1) is 0 Å². The van der Waals surface area contributed by atoms with Crippen molar-refractivity contribution >= 4 is 0 Å². The van der Waals surface area contributed by atoms with Gasteiger partial charge in [0.25, 0.3) is 0 Å². The quantitative estimate of drug-likeness (QED) is 0.847. The average Bonchev–Trinajstić information content (AvgIpc) is 2.36. The molecule has 0 amide bonds. The zero-order chi connectivity index (χ0) is 13.0. The lowest BCUT2D eigenvalue weighted by atomic mass is 9.98. The van der Waals surface area contributed by atoms with Crippen molar-refractivity contribution in [3.63, 3.8) is 0 Å². The van der Waals surface area contributed by atoms with Crippen LogP contribution in [0.25, 0.3) is 0 Å². The lowest BCUT2D eigenvalue weighted by Gasteiger charge is -2.21. The predicted molar refractivity (Wildman–Crippen MR) is 76.7 cm³/mol. The van der Waals surface area contributed by atoms with Gasteiger partial charge in [-0.25, -0.2) is 0 Å². The summed E-state index contributed by atoms with van der Waals surface area (Å²) in [7, 11) is 6.44. The zero-order valence-electron chi connectivity index (χ0n) is 11.9. The van der Waals surface area contributed by atoms with Crippen molar-refractivity contribution in [1.82, 2.24) is 15.1 Å². The van der Waals surface area contributed by atoms with Gasteiger partial charge >= 0.3 is 0 Å². The van der Waals surface area contributed by atoms with Gasteiger partial charge in [-0.2, -0.15) is 0 Å². The van der Waals surface area contributed by atoms with Crippen LogP contribution in [0.1, 0.15) is 16.7 Å². The van der Waals surface area contributed by atoms with Gasteiger partial charge in [0.15, 0.2) is 0 Å². The number of nitrogens with zero attached hydrogens (tertiary/aromatic N) is 2. The molecule has 18 heavy (non-hydrogen) atoms. The van der Waals surface area contributed by atoms with Crippen LogP contribution in [0.2, 0.25) is 0 Å². The molecule has 0 atom stereocenters. The summed E-state index contributed by atoms with van der Waals surface area (Å²) >= 11 is 0. The van der Waals surface area contributed by atoms with Crippen LogP contribution in [0.15, 0.2) is 18.2 Å². The molecule has 0 spiro atoms. The van der Waals surface area contributed by atoms with E-state index in [4.69, 9.17) is 0 Å². The minimum atomic E-state index is 1.03. The Kier molecular flexibility index (Phi) is 4.75. The van der Waals surface area contributed by atoms with Crippen molar-refractivity contribution in [2.24, 2.45) is 0 Å². The van der Waals surface area contributed by atoms with E-state index in [-0.39, 0.29) is 0 Å². The van der Waals surface area contributed by atoms with Crippen molar-refractivity contribution in [3.05, 3.63) is 34.9 Å². The zero-order valence-corrected chi connectivity index (χ0v) is 11.9. The molecule has 1 N–H and O–H groups in total. The molecule has 0 unspecified atom stereocenters. The second-order valence-corrected chi connectivity index (χ2v) is 5.57. The van der Waals surface area contributed by atoms with Gasteiger partial charge in [0, 0.05) is 26.2 Å². The number of nitrogens with one attached hydrogen (secondary N) is 1. The number of benzene rings is 1. The predicted octanol–water partition coefficient (Wildman–Crippen LogP) is 1.33. The largest absolute Gasteiger partial charge is 0.312 e. The van der Waals surface area contributed by atoms with Crippen LogP contribution in [-0.4, -0.2) is 50.6 Å². The van der Waals surface area contributed by atoms with Crippen molar-refractivity contribution in [1.29, 1.82) is 0 Å². The Balaban J connectivity index is 1.93. The number of fused-ring (bicyclic) bond motifs is 1. The second kappa shape index (κ2) is 6.32. The van der Waals surface area contributed by atoms with Crippen molar-refractivity contribution < 1.29 is 0 Å². The van der Waals surface area contributed by atoms with Crippen LogP contribution in [0.3, 0.4) is 0 Å². The molecular formula is C15H25N3. The maximum Gasteiger partial charge on any atom is 0.0231 e. The molecule has 0 bridgehead atoms. The van der Waals surface area contributed by atoms with Gasteiger partial charge in [0.2, 0.25) is 0 Å². The van der Waals surface area contributed by atoms with Crippen LogP contribution in [0.5, 0.6) is 0 Å². The third-order valence-electron chi connectivity index (χ3n) is 3.54. The van der Waals surface area contributed by atoms with Gasteiger partial charge in [0.1, 0.15) is 0 Å². The fraction of sp³-hybridized carbons (Fsp3) is 0.600. The summed E-state index contributed by atoms with van der Waals surface area (Å²) in [6.07, 6.45) is 1.17. The summed E-state index contributed by atoms with van der Waals surface area (Å²) < 4.78 is 0. The lowest BCUT2D eigenvalue weighted by molar-refractivity contribution is 0.276. The molecule has 1 aliphatic rings. The maximum atomic E-state index is 3.44. The Bertz CT molecular complexity index is 387. The molecule has 1 aliphatic heterocycles. The first kappa shape index (κ1) is 13.5. The third-order valence-corrected chi connectivity index (χ3v) is 3.54. The van der Waals surface area contributed by atoms with Crippen LogP contribution in [0.4, 0.5) is 0 Å². The summed E-state index contributed by atoms with van der Waals surface area (Å²) in [5.74, 6) is 0. The highest BCUT2D eigenvalue weighted by atomic mass is 15.1. The Morgan fingerprint density at radius 2 is 1.94 bits per heavy atom. The first-order chi connectivity index (χ1) is 8.65. The van der Waals surface area contributed by atoms with Gasteiger partial charge in [-0.3, -0.25) is 0 Å². The molecule has 1 heterocycles. The highest BCUT2D eigenvalue weighted by molar-refractivity contribution is 5.33. The molecule has 0 radical (unpaired) electrons. The van der Waals surface area contributed by atoms with Crippen molar-refractivity contribution in [3.8, 4) is 0 Å². The van der Waals surface area contributed by atoms with Crippen LogP contribution >= 0.6 is 0 Å². The summed E-state index contributed by atoms with van der Waals surface area (Å²) in [6.45, 7) is 5.42. The Morgan fingerprint density at radius 3 is 2.72 bits per heavy atom. The summed E-state index contributed by atoms with van der Waals surface area (Å²) in [5, 5.41) is 3.44. The monoisotopic (exact) mass is 247 g/mol. The lowest BCUT2D eigenvalue weighted by Crippen LogP contribution is -2.28. The van der Waals surface area contributed by atoms with Gasteiger partial charge in [-0.05, 0) is 50.8 Å². The Labute approximate surface area is 111 Å². The molecule has 3 nitrogen and oxygen atoms in total. The molecule has 0 saturated heterocycles. The second-order valence-electron chi connectivity index (χ2n) is 5.57. The van der Waals surface area contributed by atoms with E-state index in [1.807, 2.05) is 0 Å².